The van der Waals surface area contributed by atoms with E-state index in [4.69, 9.17) is 5.11 Å². The number of aromatic nitrogens is 4. The quantitative estimate of drug-likeness (QED) is 0.788. The van der Waals surface area contributed by atoms with E-state index in [2.05, 4.69) is 9.97 Å². The van der Waals surface area contributed by atoms with Gasteiger partial charge in [0, 0.05) is 49.4 Å². The lowest BCUT2D eigenvalue weighted by Gasteiger charge is -2.14. The monoisotopic (exact) mass is 338 g/mol. The van der Waals surface area contributed by atoms with Crippen molar-refractivity contribution >= 4 is 5.78 Å². The predicted molar refractivity (Wildman–Crippen MR) is 79.4 cm³/mol. The van der Waals surface area contributed by atoms with Gasteiger partial charge in [-0.1, -0.05) is 0 Å². The topological polar surface area (TPSA) is 72.4 Å². The summed E-state index contributed by atoms with van der Waals surface area (Å²) in [5.41, 5.74) is 0.730. The van der Waals surface area contributed by atoms with Gasteiger partial charge in [0.2, 0.25) is 5.78 Å². The second-order valence-electron chi connectivity index (χ2n) is 5.22. The fourth-order valence-electron chi connectivity index (χ4n) is 2.31. The van der Waals surface area contributed by atoms with Crippen LogP contribution >= 0.6 is 0 Å². The highest BCUT2D eigenvalue weighted by molar-refractivity contribution is 5.59. The highest BCUT2D eigenvalue weighted by Gasteiger charge is 2.37. The van der Waals surface area contributed by atoms with Crippen LogP contribution in [0.3, 0.4) is 0 Å². The zero-order valence-electron chi connectivity index (χ0n) is 12.3. The van der Waals surface area contributed by atoms with Crippen molar-refractivity contribution < 1.29 is 18.3 Å². The number of rotatable bonds is 4. The number of hydrogen-bond acceptors (Lipinski definition) is 4. The molecule has 6 nitrogen and oxygen atoms in total. The van der Waals surface area contributed by atoms with E-state index in [1.807, 2.05) is 0 Å². The van der Waals surface area contributed by atoms with Crippen molar-refractivity contribution in [2.45, 2.75) is 25.2 Å². The van der Waals surface area contributed by atoms with Gasteiger partial charge in [-0.2, -0.15) is 13.2 Å². The average molecular weight is 338 g/mol. The molecule has 1 atom stereocenters. The smallest absolute Gasteiger partial charge is 0.384 e. The molecule has 126 valence electrons. The number of aliphatic hydroxyl groups excluding tert-OH is 1. The molecule has 3 aromatic rings. The van der Waals surface area contributed by atoms with Crippen molar-refractivity contribution in [3.8, 4) is 11.3 Å². The molecule has 24 heavy (non-hydrogen) atoms. The number of hydrogen-bond donors (Lipinski definition) is 1. The highest BCUT2D eigenvalue weighted by atomic mass is 19.4. The van der Waals surface area contributed by atoms with Gasteiger partial charge in [0.1, 0.15) is 0 Å². The minimum Gasteiger partial charge on any atom is -0.384 e. The van der Waals surface area contributed by atoms with Crippen LogP contribution in [0.25, 0.3) is 17.0 Å². The Hall–Kier alpha value is -2.68. The Morgan fingerprint density at radius 3 is 2.58 bits per heavy atom. The summed E-state index contributed by atoms with van der Waals surface area (Å²) >= 11 is 0. The molecule has 0 amide bonds. The maximum Gasteiger partial charge on any atom is 0.414 e. The zero-order valence-corrected chi connectivity index (χ0v) is 12.3. The van der Waals surface area contributed by atoms with Crippen LogP contribution in [0.1, 0.15) is 6.42 Å². The standard InChI is InChI=1S/C15H13F3N4O2/c16-15(17,18)12(23)3-6-21-7-8-22-13(24)9-11(20-14(21)22)10-1-4-19-5-2-10/h1-2,4-5,7-9,12,23H,3,6H2/t12-/m0/s1. The molecule has 1 N–H and O–H groups in total. The van der Waals surface area contributed by atoms with Crippen molar-refractivity contribution in [3.05, 3.63) is 53.3 Å². The van der Waals surface area contributed by atoms with Crippen LogP contribution in [-0.4, -0.2) is 36.3 Å². The summed E-state index contributed by atoms with van der Waals surface area (Å²) in [5, 5.41) is 9.11. The molecule has 0 aliphatic heterocycles. The number of nitrogens with zero attached hydrogens (tertiary/aromatic N) is 4. The van der Waals surface area contributed by atoms with Gasteiger partial charge in [0.25, 0.3) is 5.56 Å². The summed E-state index contributed by atoms with van der Waals surface area (Å²) < 4.78 is 39.9. The molecule has 3 heterocycles. The van der Waals surface area contributed by atoms with Gasteiger partial charge >= 0.3 is 6.18 Å². The molecule has 0 radical (unpaired) electrons. The van der Waals surface area contributed by atoms with E-state index in [0.717, 1.165) is 0 Å². The summed E-state index contributed by atoms with van der Waals surface area (Å²) in [6.07, 6.45) is -1.62. The van der Waals surface area contributed by atoms with Gasteiger partial charge in [-0.05, 0) is 12.1 Å². The lowest BCUT2D eigenvalue weighted by atomic mass is 10.2. The van der Waals surface area contributed by atoms with E-state index < -0.39 is 18.7 Å². The van der Waals surface area contributed by atoms with Crippen molar-refractivity contribution in [1.29, 1.82) is 0 Å². The van der Waals surface area contributed by atoms with E-state index in [1.54, 1.807) is 24.5 Å². The van der Waals surface area contributed by atoms with E-state index in [-0.39, 0.29) is 17.9 Å². The minimum atomic E-state index is -4.67. The van der Waals surface area contributed by atoms with Gasteiger partial charge in [0.05, 0.1) is 5.69 Å². The molecule has 3 rings (SSSR count). The largest absolute Gasteiger partial charge is 0.414 e. The number of halogens is 3. The fraction of sp³-hybridized carbons (Fsp3) is 0.267. The zero-order chi connectivity index (χ0) is 17.3. The third-order valence-electron chi connectivity index (χ3n) is 3.58. The van der Waals surface area contributed by atoms with Crippen molar-refractivity contribution in [2.24, 2.45) is 0 Å². The van der Waals surface area contributed by atoms with Gasteiger partial charge in [-0.25, -0.2) is 4.98 Å². The van der Waals surface area contributed by atoms with Crippen molar-refractivity contribution in [2.75, 3.05) is 0 Å². The van der Waals surface area contributed by atoms with Gasteiger partial charge < -0.3 is 9.67 Å². The first kappa shape index (κ1) is 16.2. The van der Waals surface area contributed by atoms with Crippen LogP contribution in [0.5, 0.6) is 0 Å². The number of aryl methyl sites for hydroxylation is 1. The summed E-state index contributed by atoms with van der Waals surface area (Å²) in [7, 11) is 0. The summed E-state index contributed by atoms with van der Waals surface area (Å²) in [4.78, 5) is 20.4. The molecule has 0 spiro atoms. The third-order valence-corrected chi connectivity index (χ3v) is 3.58. The minimum absolute atomic E-state index is 0.122. The normalized spacial score (nSPS) is 13.3. The summed E-state index contributed by atoms with van der Waals surface area (Å²) in [6, 6.07) is 4.70. The van der Waals surface area contributed by atoms with E-state index in [1.165, 1.54) is 27.4 Å². The second-order valence-corrected chi connectivity index (χ2v) is 5.22. The Morgan fingerprint density at radius 2 is 1.92 bits per heavy atom. The fourth-order valence-corrected chi connectivity index (χ4v) is 2.31. The lowest BCUT2D eigenvalue weighted by molar-refractivity contribution is -0.206. The highest BCUT2D eigenvalue weighted by Crippen LogP contribution is 2.23. The van der Waals surface area contributed by atoms with E-state index >= 15 is 0 Å². The Morgan fingerprint density at radius 1 is 1.21 bits per heavy atom. The third kappa shape index (κ3) is 3.16. The number of fused-ring (bicyclic) bond motifs is 1. The Balaban J connectivity index is 1.96. The predicted octanol–water partition coefficient (Wildman–Crippen LogP) is 1.87. The lowest BCUT2D eigenvalue weighted by Crippen LogP contribution is -2.29. The Kier molecular flexibility index (Phi) is 4.10. The molecule has 0 unspecified atom stereocenters. The molecule has 0 aromatic carbocycles. The van der Waals surface area contributed by atoms with Crippen LogP contribution in [-0.2, 0) is 6.54 Å². The average Bonchev–Trinajstić information content (AvgIpc) is 2.96. The number of pyridine rings is 1. The SMILES string of the molecule is O=c1cc(-c2ccncc2)nc2n(CC[C@H](O)C(F)(F)F)ccn12. The first-order chi connectivity index (χ1) is 11.4. The van der Waals surface area contributed by atoms with Crippen LogP contribution in [0.2, 0.25) is 0 Å². The Labute approximate surface area is 133 Å². The summed E-state index contributed by atoms with van der Waals surface area (Å²) in [6.45, 7) is -0.122. The second kappa shape index (κ2) is 6.08. The molecule has 0 bridgehead atoms. The van der Waals surface area contributed by atoms with Crippen LogP contribution < -0.4 is 5.56 Å². The molecule has 0 fully saturated rings. The first-order valence-electron chi connectivity index (χ1n) is 7.10. The molecule has 0 aliphatic carbocycles. The summed E-state index contributed by atoms with van der Waals surface area (Å²) in [5.74, 6) is 0.212. The molecular formula is C15H13F3N4O2. The van der Waals surface area contributed by atoms with Gasteiger partial charge in [-0.3, -0.25) is 14.2 Å². The maximum absolute atomic E-state index is 12.4. The van der Waals surface area contributed by atoms with Crippen LogP contribution in [0, 0.1) is 0 Å². The van der Waals surface area contributed by atoms with Gasteiger partial charge in [-0.15, -0.1) is 0 Å². The maximum atomic E-state index is 12.4. The molecular weight excluding hydrogens is 325 g/mol. The molecule has 0 saturated heterocycles. The van der Waals surface area contributed by atoms with E-state index in [0.29, 0.717) is 11.3 Å². The molecule has 3 aromatic heterocycles. The van der Waals surface area contributed by atoms with E-state index in [9.17, 15) is 18.0 Å². The number of aliphatic hydroxyl groups is 1. The molecule has 0 aliphatic rings. The number of imidazole rings is 1. The van der Waals surface area contributed by atoms with Crippen molar-refractivity contribution in [3.63, 3.8) is 0 Å². The van der Waals surface area contributed by atoms with Crippen molar-refractivity contribution in [1.82, 2.24) is 18.9 Å². The van der Waals surface area contributed by atoms with Crippen LogP contribution in [0.15, 0.2) is 47.8 Å². The molecule has 9 heteroatoms. The Bertz CT molecular complexity index is 902. The first-order valence-corrected chi connectivity index (χ1v) is 7.10. The van der Waals surface area contributed by atoms with Crippen LogP contribution in [0.4, 0.5) is 13.2 Å². The molecule has 0 saturated carbocycles. The number of alkyl halides is 3. The van der Waals surface area contributed by atoms with Gasteiger partial charge in [0.15, 0.2) is 6.10 Å².